The van der Waals surface area contributed by atoms with Crippen molar-refractivity contribution in [3.8, 4) is 6.07 Å². The summed E-state index contributed by atoms with van der Waals surface area (Å²) in [6.45, 7) is 0. The highest BCUT2D eigenvalue weighted by atomic mass is 35.5. The van der Waals surface area contributed by atoms with Crippen molar-refractivity contribution in [2.24, 2.45) is 0 Å². The molecule has 0 N–H and O–H groups in total. The summed E-state index contributed by atoms with van der Waals surface area (Å²) in [6.07, 6.45) is 0. The first-order valence-electron chi connectivity index (χ1n) is 3.01. The van der Waals surface area contributed by atoms with Crippen LogP contribution in [-0.4, -0.2) is 0 Å². The summed E-state index contributed by atoms with van der Waals surface area (Å²) in [5.41, 5.74) is 0.171. The molecular formula is C8H5ClFN. The van der Waals surface area contributed by atoms with Gasteiger partial charge in [-0.15, -0.1) is 0 Å². The van der Waals surface area contributed by atoms with Crippen LogP contribution in [0.15, 0.2) is 30.3 Å². The normalized spacial score (nSPS) is 15.0. The van der Waals surface area contributed by atoms with E-state index in [4.69, 9.17) is 16.9 Å². The van der Waals surface area contributed by atoms with Crippen LogP contribution in [0.25, 0.3) is 0 Å². The van der Waals surface area contributed by atoms with Gasteiger partial charge in [-0.2, -0.15) is 5.26 Å². The Morgan fingerprint density at radius 3 is 2.36 bits per heavy atom. The standard InChI is InChI=1S/C8H5ClFN/c9-8(10,6-11)7-4-2-1-3-5-7/h1-5H/t8-/m0/s1. The Labute approximate surface area is 69.0 Å². The second kappa shape index (κ2) is 2.89. The summed E-state index contributed by atoms with van der Waals surface area (Å²) in [5, 5.41) is 5.90. The average molecular weight is 170 g/mol. The summed E-state index contributed by atoms with van der Waals surface area (Å²) >= 11 is 5.22. The SMILES string of the molecule is N#C[C@@](F)(Cl)c1ccccc1. The van der Waals surface area contributed by atoms with Gasteiger partial charge in [-0.05, 0) is 0 Å². The van der Waals surface area contributed by atoms with Gasteiger partial charge in [0.2, 0.25) is 0 Å². The third kappa shape index (κ3) is 1.69. The van der Waals surface area contributed by atoms with Crippen LogP contribution in [0.1, 0.15) is 5.56 Å². The number of benzene rings is 1. The minimum atomic E-state index is -2.39. The van der Waals surface area contributed by atoms with Crippen LogP contribution in [-0.2, 0) is 5.13 Å². The number of hydrogen-bond acceptors (Lipinski definition) is 1. The van der Waals surface area contributed by atoms with E-state index < -0.39 is 5.13 Å². The lowest BCUT2D eigenvalue weighted by molar-refractivity contribution is 0.366. The lowest BCUT2D eigenvalue weighted by Gasteiger charge is -2.07. The molecule has 0 amide bonds. The summed E-state index contributed by atoms with van der Waals surface area (Å²) in [4.78, 5) is 0. The van der Waals surface area contributed by atoms with Gasteiger partial charge in [0.25, 0.3) is 5.13 Å². The van der Waals surface area contributed by atoms with Crippen molar-refractivity contribution in [2.45, 2.75) is 5.13 Å². The van der Waals surface area contributed by atoms with Crippen LogP contribution in [0, 0.1) is 11.3 Å². The van der Waals surface area contributed by atoms with Crippen molar-refractivity contribution in [1.82, 2.24) is 0 Å². The van der Waals surface area contributed by atoms with Crippen molar-refractivity contribution in [3.05, 3.63) is 35.9 Å². The summed E-state index contributed by atoms with van der Waals surface area (Å²) in [6, 6.07) is 9.28. The maximum Gasteiger partial charge on any atom is 0.294 e. The van der Waals surface area contributed by atoms with E-state index in [0.29, 0.717) is 0 Å². The highest BCUT2D eigenvalue weighted by Gasteiger charge is 2.27. The smallest absolute Gasteiger partial charge is 0.204 e. The summed E-state index contributed by atoms with van der Waals surface area (Å²) in [5.74, 6) is 0. The van der Waals surface area contributed by atoms with Gasteiger partial charge in [-0.1, -0.05) is 41.9 Å². The van der Waals surface area contributed by atoms with Crippen LogP contribution in [0.5, 0.6) is 0 Å². The first-order chi connectivity index (χ1) is 5.17. The Balaban J connectivity index is 3.05. The van der Waals surface area contributed by atoms with Gasteiger partial charge in [-0.25, -0.2) is 4.39 Å². The Hall–Kier alpha value is -1.07. The summed E-state index contributed by atoms with van der Waals surface area (Å²) in [7, 11) is 0. The Morgan fingerprint density at radius 1 is 1.36 bits per heavy atom. The van der Waals surface area contributed by atoms with Crippen molar-refractivity contribution < 1.29 is 4.39 Å². The third-order valence-corrected chi connectivity index (χ3v) is 1.58. The largest absolute Gasteiger partial charge is 0.294 e. The van der Waals surface area contributed by atoms with E-state index >= 15 is 0 Å². The zero-order valence-electron chi connectivity index (χ0n) is 5.59. The zero-order valence-corrected chi connectivity index (χ0v) is 6.35. The molecule has 11 heavy (non-hydrogen) atoms. The van der Waals surface area contributed by atoms with E-state index in [0.717, 1.165) is 0 Å². The van der Waals surface area contributed by atoms with Crippen molar-refractivity contribution in [2.75, 3.05) is 0 Å². The fraction of sp³-hybridized carbons (Fsp3) is 0.125. The highest BCUT2D eigenvalue weighted by molar-refractivity contribution is 6.24. The van der Waals surface area contributed by atoms with Gasteiger partial charge in [0.05, 0.1) is 0 Å². The van der Waals surface area contributed by atoms with Crippen LogP contribution in [0.3, 0.4) is 0 Å². The molecule has 1 rings (SSSR count). The first kappa shape index (κ1) is 8.03. The lowest BCUT2D eigenvalue weighted by Crippen LogP contribution is -2.07. The minimum Gasteiger partial charge on any atom is -0.204 e. The molecule has 0 radical (unpaired) electrons. The quantitative estimate of drug-likeness (QED) is 0.593. The molecule has 0 bridgehead atoms. The van der Waals surface area contributed by atoms with Crippen LogP contribution in [0.2, 0.25) is 0 Å². The monoisotopic (exact) mass is 169 g/mol. The summed E-state index contributed by atoms with van der Waals surface area (Å²) < 4.78 is 13.0. The molecular weight excluding hydrogens is 165 g/mol. The van der Waals surface area contributed by atoms with Crippen molar-refractivity contribution in [3.63, 3.8) is 0 Å². The fourth-order valence-corrected chi connectivity index (χ4v) is 0.838. The van der Waals surface area contributed by atoms with E-state index in [1.54, 1.807) is 18.2 Å². The molecule has 0 aliphatic rings. The average Bonchev–Trinajstić information content (AvgIpc) is 2.06. The Kier molecular flexibility index (Phi) is 2.11. The lowest BCUT2D eigenvalue weighted by atomic mass is 10.1. The molecule has 56 valence electrons. The van der Waals surface area contributed by atoms with Gasteiger partial charge in [0, 0.05) is 5.56 Å². The molecule has 1 aromatic carbocycles. The molecule has 3 heteroatoms. The molecule has 0 aliphatic heterocycles. The van der Waals surface area contributed by atoms with Gasteiger partial charge in [0.15, 0.2) is 0 Å². The number of alkyl halides is 2. The van der Waals surface area contributed by atoms with Crippen LogP contribution >= 0.6 is 11.6 Å². The number of hydrogen-bond donors (Lipinski definition) is 0. The second-order valence-corrected chi connectivity index (χ2v) is 2.57. The fourth-order valence-electron chi connectivity index (χ4n) is 0.712. The predicted molar refractivity (Wildman–Crippen MR) is 40.7 cm³/mol. The van der Waals surface area contributed by atoms with Gasteiger partial charge in [-0.3, -0.25) is 0 Å². The molecule has 0 saturated heterocycles. The molecule has 0 aromatic heterocycles. The maximum atomic E-state index is 13.0. The minimum absolute atomic E-state index is 0.171. The number of nitrogens with zero attached hydrogens (tertiary/aromatic N) is 1. The van der Waals surface area contributed by atoms with Crippen LogP contribution in [0.4, 0.5) is 4.39 Å². The van der Waals surface area contributed by atoms with E-state index in [1.165, 1.54) is 18.2 Å². The van der Waals surface area contributed by atoms with E-state index in [-0.39, 0.29) is 5.56 Å². The molecule has 1 aromatic rings. The molecule has 0 saturated carbocycles. The van der Waals surface area contributed by atoms with E-state index in [2.05, 4.69) is 0 Å². The number of rotatable bonds is 1. The Morgan fingerprint density at radius 2 is 1.91 bits per heavy atom. The molecule has 0 unspecified atom stereocenters. The number of halogens is 2. The molecule has 0 aliphatic carbocycles. The molecule has 0 fully saturated rings. The van der Waals surface area contributed by atoms with E-state index in [1.807, 2.05) is 0 Å². The zero-order chi connectivity index (χ0) is 8.32. The second-order valence-electron chi connectivity index (χ2n) is 2.05. The van der Waals surface area contributed by atoms with Gasteiger partial charge >= 0.3 is 0 Å². The molecule has 1 atom stereocenters. The Bertz CT molecular complexity index is 276. The van der Waals surface area contributed by atoms with Crippen LogP contribution < -0.4 is 0 Å². The number of nitriles is 1. The predicted octanol–water partition coefficient (Wildman–Crippen LogP) is 2.57. The molecule has 0 heterocycles. The topological polar surface area (TPSA) is 23.8 Å². The highest BCUT2D eigenvalue weighted by Crippen LogP contribution is 2.29. The van der Waals surface area contributed by atoms with Crippen molar-refractivity contribution >= 4 is 11.6 Å². The molecule has 0 spiro atoms. The van der Waals surface area contributed by atoms with Gasteiger partial charge < -0.3 is 0 Å². The van der Waals surface area contributed by atoms with Crippen molar-refractivity contribution in [1.29, 1.82) is 5.26 Å². The molecule has 1 nitrogen and oxygen atoms in total. The maximum absolute atomic E-state index is 13.0. The van der Waals surface area contributed by atoms with Gasteiger partial charge in [0.1, 0.15) is 6.07 Å². The van der Waals surface area contributed by atoms with E-state index in [9.17, 15) is 4.39 Å². The first-order valence-corrected chi connectivity index (χ1v) is 3.39. The third-order valence-electron chi connectivity index (χ3n) is 1.28.